The van der Waals surface area contributed by atoms with Crippen molar-refractivity contribution in [2.75, 3.05) is 19.6 Å². The molecule has 2 aliphatic rings. The lowest BCUT2D eigenvalue weighted by Gasteiger charge is -2.43. The number of rotatable bonds is 14. The van der Waals surface area contributed by atoms with Crippen LogP contribution in [0.15, 0.2) is 41.5 Å². The van der Waals surface area contributed by atoms with Crippen LogP contribution in [0.1, 0.15) is 85.6 Å². The number of nitrogens with zero attached hydrogens (tertiary/aromatic N) is 1. The van der Waals surface area contributed by atoms with Gasteiger partial charge in [0.25, 0.3) is 0 Å². The minimum absolute atomic E-state index is 0.00797. The van der Waals surface area contributed by atoms with E-state index in [4.69, 9.17) is 5.73 Å². The first kappa shape index (κ1) is 34.9. The average Bonchev–Trinajstić information content (AvgIpc) is 2.93. The summed E-state index contributed by atoms with van der Waals surface area (Å²) in [6, 6.07) is 3.46. The third-order valence-corrected chi connectivity index (χ3v) is 9.49. The number of benzene rings is 1. The maximum absolute atomic E-state index is 14.3. The monoisotopic (exact) mass is 601 g/mol. The fourth-order valence-corrected chi connectivity index (χ4v) is 7.41. The first-order chi connectivity index (χ1) is 20.3. The molecule has 1 unspecified atom stereocenters. The molecule has 2 aliphatic carbocycles. The SMILES string of the molecule is CCCN(CCC)C(=O)C1=CC(C)=CC(C(N)=O)([C@H](Cc2cc(F)cc(F)c2)[C@@H](O)CN[C@@H]2C[C@H](C)CC[C@H]2C(C)C)C1. The second-order valence-corrected chi connectivity index (χ2v) is 13.4. The van der Waals surface area contributed by atoms with E-state index >= 15 is 0 Å². The maximum atomic E-state index is 14.3. The van der Waals surface area contributed by atoms with Crippen LogP contribution in [-0.2, 0) is 16.0 Å². The van der Waals surface area contributed by atoms with Gasteiger partial charge in [0.05, 0.1) is 11.5 Å². The van der Waals surface area contributed by atoms with Crippen molar-refractivity contribution < 1.29 is 23.5 Å². The van der Waals surface area contributed by atoms with Gasteiger partial charge in [-0.1, -0.05) is 58.8 Å². The number of carbonyl (C=O) groups excluding carboxylic acids is 2. The Kier molecular flexibility index (Phi) is 12.5. The van der Waals surface area contributed by atoms with Crippen molar-refractivity contribution >= 4 is 11.8 Å². The summed E-state index contributed by atoms with van der Waals surface area (Å²) >= 11 is 0. The molecule has 0 saturated heterocycles. The molecule has 6 atom stereocenters. The molecular weight excluding hydrogens is 548 g/mol. The molecule has 0 spiro atoms. The van der Waals surface area contributed by atoms with Crippen molar-refractivity contribution in [3.05, 3.63) is 58.7 Å². The predicted octanol–water partition coefficient (Wildman–Crippen LogP) is 5.93. The largest absolute Gasteiger partial charge is 0.391 e. The first-order valence-corrected chi connectivity index (χ1v) is 16.2. The molecule has 4 N–H and O–H groups in total. The number of nitrogens with one attached hydrogen (secondary N) is 1. The Morgan fingerprint density at radius 2 is 1.74 bits per heavy atom. The standard InChI is InChI=1S/C35H53F2N3O3/c1-7-11-40(12-8-2)33(42)26-13-24(6)19-35(20-26,34(38)43)30(17-25-15-27(36)18-28(37)16-25)32(41)21-39-31-14-23(5)9-10-29(31)22(3)4/h13,15-16,18-19,22-23,29-32,39,41H,7-12,14,17,20-21H2,1-6H3,(H2,38,43)/t23-,29+,30-,31-,32+,35?/m1/s1. The van der Waals surface area contributed by atoms with Crippen molar-refractivity contribution in [1.29, 1.82) is 0 Å². The second-order valence-electron chi connectivity index (χ2n) is 13.4. The molecule has 1 aromatic carbocycles. The molecule has 1 aromatic rings. The van der Waals surface area contributed by atoms with Gasteiger partial charge in [0.1, 0.15) is 11.6 Å². The van der Waals surface area contributed by atoms with Gasteiger partial charge >= 0.3 is 0 Å². The average molecular weight is 602 g/mol. The number of amides is 2. The highest BCUT2D eigenvalue weighted by molar-refractivity contribution is 5.96. The summed E-state index contributed by atoms with van der Waals surface area (Å²) in [4.78, 5) is 29.1. The van der Waals surface area contributed by atoms with Gasteiger partial charge in [-0.15, -0.1) is 0 Å². The molecule has 240 valence electrons. The number of aliphatic hydroxyl groups excluding tert-OH is 1. The van der Waals surface area contributed by atoms with E-state index in [9.17, 15) is 23.5 Å². The Bertz CT molecular complexity index is 1160. The van der Waals surface area contributed by atoms with Crippen molar-refractivity contribution in [3.8, 4) is 0 Å². The summed E-state index contributed by atoms with van der Waals surface area (Å²) in [5.74, 6) is -1.63. The van der Waals surface area contributed by atoms with E-state index in [1.165, 1.54) is 18.6 Å². The molecule has 43 heavy (non-hydrogen) atoms. The quantitative estimate of drug-likeness (QED) is 0.246. The highest BCUT2D eigenvalue weighted by atomic mass is 19.1. The lowest BCUT2D eigenvalue weighted by molar-refractivity contribution is -0.132. The van der Waals surface area contributed by atoms with Crippen LogP contribution in [0.2, 0.25) is 0 Å². The number of carbonyl (C=O) groups is 2. The van der Waals surface area contributed by atoms with Gasteiger partial charge < -0.3 is 21.1 Å². The molecule has 2 amide bonds. The highest BCUT2D eigenvalue weighted by Crippen LogP contribution is 2.45. The molecule has 8 heteroatoms. The van der Waals surface area contributed by atoms with Crippen LogP contribution < -0.4 is 11.1 Å². The first-order valence-electron chi connectivity index (χ1n) is 16.2. The van der Waals surface area contributed by atoms with Gasteiger partial charge in [0, 0.05) is 43.2 Å². The van der Waals surface area contributed by atoms with E-state index in [0.717, 1.165) is 31.7 Å². The molecule has 0 aromatic heterocycles. The Balaban J connectivity index is 2.01. The van der Waals surface area contributed by atoms with Gasteiger partial charge in [-0.3, -0.25) is 9.59 Å². The summed E-state index contributed by atoms with van der Waals surface area (Å²) in [5.41, 5.74) is 6.21. The van der Waals surface area contributed by atoms with E-state index in [1.807, 2.05) is 20.8 Å². The van der Waals surface area contributed by atoms with E-state index < -0.39 is 35.0 Å². The third kappa shape index (κ3) is 8.75. The van der Waals surface area contributed by atoms with Crippen LogP contribution in [0.5, 0.6) is 0 Å². The molecule has 3 rings (SSSR count). The highest BCUT2D eigenvalue weighted by Gasteiger charge is 2.49. The Morgan fingerprint density at radius 3 is 2.30 bits per heavy atom. The van der Waals surface area contributed by atoms with Gasteiger partial charge in [-0.05, 0) is 80.9 Å². The van der Waals surface area contributed by atoms with Gasteiger partial charge in [0.15, 0.2) is 0 Å². The molecule has 0 radical (unpaired) electrons. The van der Waals surface area contributed by atoms with Crippen molar-refractivity contribution in [3.63, 3.8) is 0 Å². The second kappa shape index (κ2) is 15.4. The van der Waals surface area contributed by atoms with E-state index in [-0.39, 0.29) is 31.3 Å². The molecule has 0 heterocycles. The van der Waals surface area contributed by atoms with Gasteiger partial charge in [-0.2, -0.15) is 0 Å². The van der Waals surface area contributed by atoms with Crippen LogP contribution in [-0.4, -0.2) is 53.6 Å². The summed E-state index contributed by atoms with van der Waals surface area (Å²) in [5, 5.41) is 15.5. The smallest absolute Gasteiger partial charge is 0.249 e. The molecule has 0 bridgehead atoms. The number of hydrogen-bond donors (Lipinski definition) is 3. The molecule has 0 aliphatic heterocycles. The minimum atomic E-state index is -1.44. The summed E-state index contributed by atoms with van der Waals surface area (Å²) in [6.07, 6.45) is 7.34. The van der Waals surface area contributed by atoms with Crippen molar-refractivity contribution in [2.45, 2.75) is 98.6 Å². The van der Waals surface area contributed by atoms with Crippen LogP contribution in [0.3, 0.4) is 0 Å². The fraction of sp³-hybridized carbons (Fsp3) is 0.657. The Morgan fingerprint density at radius 1 is 1.12 bits per heavy atom. The molecular formula is C35H53F2N3O3. The van der Waals surface area contributed by atoms with E-state index in [1.54, 1.807) is 17.1 Å². The van der Waals surface area contributed by atoms with E-state index in [2.05, 4.69) is 26.1 Å². The zero-order valence-electron chi connectivity index (χ0n) is 27.0. The summed E-state index contributed by atoms with van der Waals surface area (Å²) in [6.45, 7) is 13.9. The predicted molar refractivity (Wildman–Crippen MR) is 168 cm³/mol. The normalized spacial score (nSPS) is 25.6. The molecule has 1 saturated carbocycles. The topological polar surface area (TPSA) is 95.7 Å². The van der Waals surface area contributed by atoms with Crippen LogP contribution in [0, 0.1) is 40.7 Å². The molecule has 6 nitrogen and oxygen atoms in total. The number of primary amides is 1. The van der Waals surface area contributed by atoms with Crippen LogP contribution in [0.4, 0.5) is 8.78 Å². The summed E-state index contributed by atoms with van der Waals surface area (Å²) < 4.78 is 28.6. The number of halogens is 2. The zero-order chi connectivity index (χ0) is 31.9. The number of hydrogen-bond acceptors (Lipinski definition) is 4. The minimum Gasteiger partial charge on any atom is -0.391 e. The lowest BCUT2D eigenvalue weighted by Crippen LogP contribution is -2.53. The lowest BCUT2D eigenvalue weighted by atomic mass is 9.63. The molecule has 1 fully saturated rings. The van der Waals surface area contributed by atoms with Crippen LogP contribution in [0.25, 0.3) is 0 Å². The zero-order valence-corrected chi connectivity index (χ0v) is 27.0. The summed E-state index contributed by atoms with van der Waals surface area (Å²) in [7, 11) is 0. The van der Waals surface area contributed by atoms with Gasteiger partial charge in [-0.25, -0.2) is 8.78 Å². The third-order valence-electron chi connectivity index (χ3n) is 9.49. The Labute approximate surface area is 257 Å². The Hall–Kier alpha value is -2.58. The van der Waals surface area contributed by atoms with Crippen molar-refractivity contribution in [2.24, 2.45) is 34.8 Å². The number of nitrogens with two attached hydrogens (primary N) is 1. The number of allylic oxidation sites excluding steroid dienone is 2. The van der Waals surface area contributed by atoms with Crippen LogP contribution >= 0.6 is 0 Å². The van der Waals surface area contributed by atoms with E-state index in [0.29, 0.717) is 47.6 Å². The maximum Gasteiger partial charge on any atom is 0.249 e. The van der Waals surface area contributed by atoms with Crippen molar-refractivity contribution in [1.82, 2.24) is 10.2 Å². The van der Waals surface area contributed by atoms with Gasteiger partial charge in [0.2, 0.25) is 11.8 Å². The number of aliphatic hydroxyl groups is 1. The fourth-order valence-electron chi connectivity index (χ4n) is 7.41.